The van der Waals surface area contributed by atoms with Crippen LogP contribution in [0.25, 0.3) is 0 Å². The van der Waals surface area contributed by atoms with Crippen molar-refractivity contribution in [2.45, 2.75) is 0 Å². The van der Waals surface area contributed by atoms with Gasteiger partial charge in [-0.05, 0) is 42.5 Å². The van der Waals surface area contributed by atoms with Crippen LogP contribution >= 0.6 is 12.0 Å². The molecule has 19 heteroatoms. The monoisotopic (exact) mass is 577 g/mol. The van der Waals surface area contributed by atoms with Gasteiger partial charge in [0.2, 0.25) is 11.9 Å². The van der Waals surface area contributed by atoms with E-state index in [0.29, 0.717) is 17.3 Å². The van der Waals surface area contributed by atoms with Crippen molar-refractivity contribution in [3.05, 3.63) is 42.5 Å². The topological polar surface area (TPSA) is 210 Å². The quantitative estimate of drug-likeness (QED) is 0.0222. The summed E-state index contributed by atoms with van der Waals surface area (Å²) in [5.41, 5.74) is 3.68. The van der Waals surface area contributed by atoms with Gasteiger partial charge in [-0.2, -0.15) is 19.3 Å². The molecule has 0 radical (unpaired) electrons. The maximum Gasteiger partial charge on any atom is 1.00 e. The molecule has 0 amide bonds. The van der Waals surface area contributed by atoms with Crippen LogP contribution in [-0.4, -0.2) is 66.3 Å². The van der Waals surface area contributed by atoms with Crippen molar-refractivity contribution >= 4 is 74.7 Å². The smallest absolute Gasteiger partial charge is 0.748 e. The molecule has 1 heterocycles. The second-order valence-corrected chi connectivity index (χ2v) is 9.56. The van der Waals surface area contributed by atoms with Crippen molar-refractivity contribution in [2.75, 3.05) is 58.7 Å². The van der Waals surface area contributed by atoms with Gasteiger partial charge in [-0.1, -0.05) is 0 Å². The van der Waals surface area contributed by atoms with Crippen molar-refractivity contribution < 1.29 is 65.3 Å². The Morgan fingerprint density at radius 2 is 1.52 bits per heavy atom. The molecule has 2 aromatic carbocycles. The molecule has 0 fully saturated rings. The largest absolute Gasteiger partial charge is 1.00 e. The van der Waals surface area contributed by atoms with E-state index < -0.39 is 15.9 Å². The first-order valence-electron chi connectivity index (χ1n) is 11.0. The molecule has 0 spiro atoms. The third kappa shape index (κ3) is 12.8. The van der Waals surface area contributed by atoms with Crippen LogP contribution in [-0.2, 0) is 19.5 Å². The van der Waals surface area contributed by atoms with Crippen LogP contribution < -0.4 is 69.6 Å². The van der Waals surface area contributed by atoms with Gasteiger partial charge in [-0.3, -0.25) is 5.04 Å². The predicted molar refractivity (Wildman–Crippen MR) is 144 cm³/mol. The standard InChI is InChI=1S/C21H27N9O6S2.2Li/c1-22-16-11-17(24-8-10-38(32,33)34)13-18(12-16)26-14-3-5-15(6-4-14)27-21-29-19(23-2)28-20(30-21)25-7-9-37-36-35-31;;/h3-7,11-13,22,24,26,31H,8-10H2,1-2H3,(H,32,33,34)(H2,23,27,28,29,30);;/q;2*+1/p-2/b25-7-;;. The summed E-state index contributed by atoms with van der Waals surface area (Å²) in [4.78, 5) is 16.8. The Morgan fingerprint density at radius 1 is 0.900 bits per heavy atom. The van der Waals surface area contributed by atoms with Crippen molar-refractivity contribution in [1.82, 2.24) is 15.0 Å². The Hall–Kier alpha value is -2.55. The number of nitrogens with one attached hydrogen (secondary N) is 5. The molecular formula is C21H25Li2N9O6S2. The Labute approximate surface area is 259 Å². The molecular weight excluding hydrogens is 552 g/mol. The van der Waals surface area contributed by atoms with E-state index in [0.717, 1.165) is 29.1 Å². The van der Waals surface area contributed by atoms with Gasteiger partial charge < -0.3 is 36.4 Å². The van der Waals surface area contributed by atoms with E-state index in [9.17, 15) is 18.2 Å². The van der Waals surface area contributed by atoms with Gasteiger partial charge in [0.15, 0.2) is 0 Å². The number of anilines is 7. The number of hydrogen-bond acceptors (Lipinski definition) is 16. The van der Waals surface area contributed by atoms with Crippen LogP contribution in [0, 0.1) is 0 Å². The molecule has 0 bridgehead atoms. The van der Waals surface area contributed by atoms with E-state index in [2.05, 4.69) is 55.9 Å². The van der Waals surface area contributed by atoms with Gasteiger partial charge >= 0.3 is 37.7 Å². The number of benzene rings is 2. The molecule has 0 saturated heterocycles. The Kier molecular flexibility index (Phi) is 16.0. The summed E-state index contributed by atoms with van der Waals surface area (Å²) in [5.74, 6) is 0.459. The summed E-state index contributed by atoms with van der Waals surface area (Å²) in [5, 5.41) is 28.3. The third-order valence-electron chi connectivity index (χ3n) is 4.61. The average Bonchev–Trinajstić information content (AvgIpc) is 2.88. The van der Waals surface area contributed by atoms with Crippen LogP contribution in [0.3, 0.4) is 0 Å². The molecule has 0 atom stereocenters. The molecule has 0 aliphatic rings. The van der Waals surface area contributed by atoms with E-state index in [4.69, 9.17) is 0 Å². The van der Waals surface area contributed by atoms with Gasteiger partial charge in [0.1, 0.15) is 0 Å². The van der Waals surface area contributed by atoms with Crippen LogP contribution in [0.15, 0.2) is 47.5 Å². The van der Waals surface area contributed by atoms with Crippen LogP contribution in [0.1, 0.15) is 0 Å². The van der Waals surface area contributed by atoms with E-state index in [1.54, 1.807) is 26.2 Å². The van der Waals surface area contributed by atoms with E-state index in [1.165, 1.54) is 6.21 Å². The number of aliphatic imine (C=N–C) groups is 1. The van der Waals surface area contributed by atoms with Crippen molar-refractivity contribution in [3.8, 4) is 0 Å². The zero-order valence-corrected chi connectivity index (χ0v) is 23.9. The number of nitrogens with zero attached hydrogens (tertiary/aromatic N) is 4. The van der Waals surface area contributed by atoms with E-state index >= 15 is 0 Å². The van der Waals surface area contributed by atoms with Gasteiger partial charge in [0.25, 0.3) is 5.95 Å². The summed E-state index contributed by atoms with van der Waals surface area (Å²) in [7, 11) is -0.872. The first-order chi connectivity index (χ1) is 18.3. The zero-order valence-electron chi connectivity index (χ0n) is 22.3. The molecule has 0 aliphatic heterocycles. The molecule has 3 aromatic rings. The molecule has 5 N–H and O–H groups in total. The first kappa shape index (κ1) is 35.5. The van der Waals surface area contributed by atoms with Crippen LogP contribution in [0.4, 0.5) is 46.3 Å². The van der Waals surface area contributed by atoms with Crippen molar-refractivity contribution in [3.63, 3.8) is 0 Å². The van der Waals surface area contributed by atoms with Gasteiger partial charge in [-0.25, -0.2) is 13.4 Å². The molecule has 204 valence electrons. The molecule has 1 aromatic heterocycles. The summed E-state index contributed by atoms with van der Waals surface area (Å²) in [6.07, 6.45) is 1.46. The predicted octanol–water partition coefficient (Wildman–Crippen LogP) is -4.02. The minimum atomic E-state index is -4.30. The maximum absolute atomic E-state index is 10.9. The molecule has 3 rings (SSSR count). The molecule has 15 nitrogen and oxygen atoms in total. The Bertz CT molecular complexity index is 1340. The summed E-state index contributed by atoms with van der Waals surface area (Å²) in [6.45, 7) is 0.00193. The minimum Gasteiger partial charge on any atom is -0.748 e. The number of aromatic nitrogens is 3. The zero-order chi connectivity index (χ0) is 27.4. The Balaban J connectivity index is 0.00000400. The normalized spacial score (nSPS) is 10.8. The summed E-state index contributed by atoms with van der Waals surface area (Å²) in [6, 6.07) is 12.8. The van der Waals surface area contributed by atoms with Crippen LogP contribution in [0.2, 0.25) is 0 Å². The Morgan fingerprint density at radius 3 is 2.15 bits per heavy atom. The van der Waals surface area contributed by atoms with Gasteiger partial charge in [0.05, 0.1) is 21.6 Å². The molecule has 0 unspecified atom stereocenters. The van der Waals surface area contributed by atoms with Gasteiger partial charge in [0, 0.05) is 67.3 Å². The average molecular weight is 578 g/mol. The number of rotatable bonds is 15. The SMILES string of the molecule is CNc1cc(NCCS(=O)(=O)[O-])cc(Nc2ccc(Nc3nc(/N=C\CSOO[O-])nc(NC)n3)cc2)c1.[Li+].[Li+]. The summed E-state index contributed by atoms with van der Waals surface area (Å²) >= 11 is 0.765. The van der Waals surface area contributed by atoms with Gasteiger partial charge in [-0.15, -0.1) is 0 Å². The van der Waals surface area contributed by atoms with Crippen molar-refractivity contribution in [1.29, 1.82) is 0 Å². The van der Waals surface area contributed by atoms with E-state index in [1.807, 2.05) is 30.3 Å². The maximum atomic E-state index is 10.9. The molecule has 0 saturated carbocycles. The second-order valence-electron chi connectivity index (χ2n) is 7.33. The third-order valence-corrected chi connectivity index (χ3v) is 5.75. The second kappa shape index (κ2) is 18.0. The minimum absolute atomic E-state index is 0. The number of hydrogen-bond donors (Lipinski definition) is 5. The molecule has 0 aliphatic carbocycles. The summed E-state index contributed by atoms with van der Waals surface area (Å²) < 4.78 is 36.7. The fourth-order valence-electron chi connectivity index (χ4n) is 2.99. The fraction of sp³-hybridized carbons (Fsp3) is 0.238. The fourth-order valence-corrected chi connectivity index (χ4v) is 3.57. The first-order valence-corrected chi connectivity index (χ1v) is 13.5. The van der Waals surface area contributed by atoms with E-state index in [-0.39, 0.29) is 61.9 Å². The molecule has 40 heavy (non-hydrogen) atoms. The van der Waals surface area contributed by atoms with Crippen LogP contribution in [0.5, 0.6) is 0 Å². The van der Waals surface area contributed by atoms with Crippen molar-refractivity contribution in [2.24, 2.45) is 4.99 Å².